The number of nitrogens with zero attached hydrogens (tertiary/aromatic N) is 1. The van der Waals surface area contributed by atoms with Gasteiger partial charge in [-0.05, 0) is 41.0 Å². The van der Waals surface area contributed by atoms with Crippen LogP contribution in [0.3, 0.4) is 0 Å². The van der Waals surface area contributed by atoms with Gasteiger partial charge in [0.2, 0.25) is 0 Å². The lowest BCUT2D eigenvalue weighted by molar-refractivity contribution is 0.0146. The van der Waals surface area contributed by atoms with E-state index >= 15 is 0 Å². The van der Waals surface area contributed by atoms with Crippen molar-refractivity contribution in [1.82, 2.24) is 4.98 Å². The second-order valence-electron chi connectivity index (χ2n) is 7.22. The van der Waals surface area contributed by atoms with Crippen LogP contribution in [0.5, 0.6) is 0 Å². The number of pyridine rings is 1. The molecule has 3 rings (SSSR count). The minimum absolute atomic E-state index is 0.0621. The Balaban J connectivity index is 2.04. The standard InChI is InChI=1S/C19H25NO/c1-13-8-9-16(18(21)10-13)19(2,3)17-12-20-11-14-6-4-5-7-15(14)17/h4-7,11-13,16,18,21H,8-10H2,1-3H3. The zero-order valence-corrected chi connectivity index (χ0v) is 13.2. The average molecular weight is 283 g/mol. The van der Waals surface area contributed by atoms with Crippen LogP contribution in [-0.4, -0.2) is 16.2 Å². The normalized spacial score (nSPS) is 27.0. The summed E-state index contributed by atoms with van der Waals surface area (Å²) in [6.45, 7) is 6.77. The van der Waals surface area contributed by atoms with Crippen molar-refractivity contribution >= 4 is 10.8 Å². The molecule has 1 saturated carbocycles. The molecular weight excluding hydrogens is 258 g/mol. The van der Waals surface area contributed by atoms with E-state index in [1.807, 2.05) is 12.4 Å². The van der Waals surface area contributed by atoms with Crippen molar-refractivity contribution in [2.45, 2.75) is 51.6 Å². The minimum Gasteiger partial charge on any atom is -0.393 e. The van der Waals surface area contributed by atoms with Gasteiger partial charge in [0.05, 0.1) is 6.10 Å². The summed E-state index contributed by atoms with van der Waals surface area (Å²) in [5, 5.41) is 13.0. The summed E-state index contributed by atoms with van der Waals surface area (Å²) in [7, 11) is 0. The second kappa shape index (κ2) is 5.42. The van der Waals surface area contributed by atoms with Crippen LogP contribution in [0.25, 0.3) is 10.8 Å². The molecule has 2 nitrogen and oxygen atoms in total. The van der Waals surface area contributed by atoms with E-state index in [1.54, 1.807) is 0 Å². The highest BCUT2D eigenvalue weighted by molar-refractivity contribution is 5.85. The fourth-order valence-electron chi connectivity index (χ4n) is 4.02. The maximum absolute atomic E-state index is 10.6. The maximum Gasteiger partial charge on any atom is 0.0579 e. The van der Waals surface area contributed by atoms with E-state index in [-0.39, 0.29) is 11.5 Å². The Kier molecular flexibility index (Phi) is 3.75. The van der Waals surface area contributed by atoms with Crippen LogP contribution >= 0.6 is 0 Å². The van der Waals surface area contributed by atoms with E-state index in [1.165, 1.54) is 22.8 Å². The molecule has 1 N–H and O–H groups in total. The molecule has 1 heterocycles. The summed E-state index contributed by atoms with van der Waals surface area (Å²) >= 11 is 0. The van der Waals surface area contributed by atoms with Crippen molar-refractivity contribution in [3.05, 3.63) is 42.2 Å². The van der Waals surface area contributed by atoms with Crippen molar-refractivity contribution in [2.24, 2.45) is 11.8 Å². The van der Waals surface area contributed by atoms with Crippen molar-refractivity contribution in [1.29, 1.82) is 0 Å². The topological polar surface area (TPSA) is 33.1 Å². The Bertz CT molecular complexity index is 629. The van der Waals surface area contributed by atoms with Crippen LogP contribution in [0.15, 0.2) is 36.7 Å². The second-order valence-corrected chi connectivity index (χ2v) is 7.22. The van der Waals surface area contributed by atoms with Gasteiger partial charge >= 0.3 is 0 Å². The molecule has 1 fully saturated rings. The third kappa shape index (κ3) is 2.57. The van der Waals surface area contributed by atoms with Crippen LogP contribution in [0.4, 0.5) is 0 Å². The third-order valence-corrected chi connectivity index (χ3v) is 5.37. The Morgan fingerprint density at radius 1 is 1.14 bits per heavy atom. The van der Waals surface area contributed by atoms with Crippen molar-refractivity contribution in [2.75, 3.05) is 0 Å². The highest BCUT2D eigenvalue weighted by Crippen LogP contribution is 2.43. The summed E-state index contributed by atoms with van der Waals surface area (Å²) in [6, 6.07) is 8.42. The van der Waals surface area contributed by atoms with Crippen LogP contribution in [0.2, 0.25) is 0 Å². The number of aliphatic hydroxyl groups is 1. The Labute approximate surface area is 127 Å². The molecule has 1 aromatic heterocycles. The smallest absolute Gasteiger partial charge is 0.0579 e. The molecule has 0 aliphatic heterocycles. The SMILES string of the molecule is CC1CCC(C(C)(C)c2cncc3ccccc23)C(O)C1. The molecule has 0 radical (unpaired) electrons. The van der Waals surface area contributed by atoms with E-state index in [2.05, 4.69) is 50.0 Å². The first-order valence-corrected chi connectivity index (χ1v) is 8.01. The molecule has 1 aliphatic carbocycles. The average Bonchev–Trinajstić information content (AvgIpc) is 2.46. The Hall–Kier alpha value is -1.41. The highest BCUT2D eigenvalue weighted by Gasteiger charge is 2.40. The molecule has 0 saturated heterocycles. The number of fused-ring (bicyclic) bond motifs is 1. The first kappa shape index (κ1) is 14.5. The zero-order valence-electron chi connectivity index (χ0n) is 13.2. The fraction of sp³-hybridized carbons (Fsp3) is 0.526. The Morgan fingerprint density at radius 3 is 2.67 bits per heavy atom. The fourth-order valence-corrected chi connectivity index (χ4v) is 4.02. The van der Waals surface area contributed by atoms with Gasteiger partial charge in [-0.3, -0.25) is 4.98 Å². The van der Waals surface area contributed by atoms with Crippen LogP contribution in [0, 0.1) is 11.8 Å². The molecular formula is C19H25NO. The lowest BCUT2D eigenvalue weighted by Gasteiger charge is -2.42. The van der Waals surface area contributed by atoms with Crippen molar-refractivity contribution < 1.29 is 5.11 Å². The zero-order chi connectivity index (χ0) is 15.0. The summed E-state index contributed by atoms with van der Waals surface area (Å²) in [6.07, 6.45) is 6.94. The van der Waals surface area contributed by atoms with Gasteiger partial charge in [0.1, 0.15) is 0 Å². The van der Waals surface area contributed by atoms with E-state index in [0.717, 1.165) is 12.8 Å². The molecule has 0 amide bonds. The van der Waals surface area contributed by atoms with Gasteiger partial charge in [-0.25, -0.2) is 0 Å². The molecule has 2 aromatic rings. The van der Waals surface area contributed by atoms with E-state index in [0.29, 0.717) is 11.8 Å². The highest BCUT2D eigenvalue weighted by atomic mass is 16.3. The molecule has 21 heavy (non-hydrogen) atoms. The molecule has 3 atom stereocenters. The molecule has 2 heteroatoms. The Morgan fingerprint density at radius 2 is 1.90 bits per heavy atom. The number of aromatic nitrogens is 1. The summed E-state index contributed by atoms with van der Waals surface area (Å²) in [5.41, 5.74) is 1.20. The maximum atomic E-state index is 10.6. The first-order chi connectivity index (χ1) is 10.00. The predicted octanol–water partition coefficient (Wildman–Crippen LogP) is 4.31. The van der Waals surface area contributed by atoms with Crippen LogP contribution in [-0.2, 0) is 5.41 Å². The number of aliphatic hydroxyl groups excluding tert-OH is 1. The van der Waals surface area contributed by atoms with Gasteiger partial charge in [-0.15, -0.1) is 0 Å². The van der Waals surface area contributed by atoms with Gasteiger partial charge in [0.25, 0.3) is 0 Å². The quantitative estimate of drug-likeness (QED) is 0.891. The predicted molar refractivity (Wildman–Crippen MR) is 87.3 cm³/mol. The first-order valence-electron chi connectivity index (χ1n) is 8.01. The number of hydrogen-bond acceptors (Lipinski definition) is 2. The van der Waals surface area contributed by atoms with Crippen molar-refractivity contribution in [3.8, 4) is 0 Å². The summed E-state index contributed by atoms with van der Waals surface area (Å²) < 4.78 is 0. The van der Waals surface area contributed by atoms with Gasteiger partial charge in [-0.2, -0.15) is 0 Å². The van der Waals surface area contributed by atoms with Gasteiger partial charge in [0, 0.05) is 17.8 Å². The van der Waals surface area contributed by atoms with E-state index < -0.39 is 0 Å². The third-order valence-electron chi connectivity index (χ3n) is 5.37. The molecule has 1 aliphatic rings. The number of hydrogen-bond donors (Lipinski definition) is 1. The largest absolute Gasteiger partial charge is 0.393 e. The molecule has 0 spiro atoms. The van der Waals surface area contributed by atoms with Gasteiger partial charge < -0.3 is 5.11 Å². The van der Waals surface area contributed by atoms with Gasteiger partial charge in [0.15, 0.2) is 0 Å². The number of benzene rings is 1. The van der Waals surface area contributed by atoms with Gasteiger partial charge in [-0.1, -0.05) is 51.5 Å². The van der Waals surface area contributed by atoms with Crippen molar-refractivity contribution in [3.63, 3.8) is 0 Å². The molecule has 1 aromatic carbocycles. The summed E-state index contributed by atoms with van der Waals surface area (Å²) in [5.74, 6) is 0.944. The molecule has 112 valence electrons. The van der Waals surface area contributed by atoms with E-state index in [9.17, 15) is 5.11 Å². The molecule has 3 unspecified atom stereocenters. The number of rotatable bonds is 2. The minimum atomic E-state index is -0.206. The molecule has 0 bridgehead atoms. The monoisotopic (exact) mass is 283 g/mol. The summed E-state index contributed by atoms with van der Waals surface area (Å²) in [4.78, 5) is 4.43. The van der Waals surface area contributed by atoms with Crippen LogP contribution < -0.4 is 0 Å². The lowest BCUT2D eigenvalue weighted by Crippen LogP contribution is -2.41. The van der Waals surface area contributed by atoms with Crippen LogP contribution in [0.1, 0.15) is 45.6 Å². The van der Waals surface area contributed by atoms with E-state index in [4.69, 9.17) is 0 Å². The lowest BCUT2D eigenvalue weighted by atomic mass is 9.64.